The van der Waals surface area contributed by atoms with Crippen LogP contribution < -0.4 is 0 Å². The molecule has 0 aliphatic carbocycles. The van der Waals surface area contributed by atoms with E-state index in [-0.39, 0.29) is 5.41 Å². The van der Waals surface area contributed by atoms with Crippen molar-refractivity contribution < 1.29 is 5.21 Å². The highest BCUT2D eigenvalue weighted by Gasteiger charge is 2.12. The second-order valence-electron chi connectivity index (χ2n) is 4.25. The van der Waals surface area contributed by atoms with Gasteiger partial charge in [-0.2, -0.15) is 0 Å². The lowest BCUT2D eigenvalue weighted by atomic mass is 9.91. The van der Waals surface area contributed by atoms with E-state index in [1.807, 2.05) is 32.0 Å². The molecular weight excluding hydrogens is 186 g/mol. The van der Waals surface area contributed by atoms with E-state index in [1.165, 1.54) is 5.56 Å². The number of benzene rings is 1. The van der Waals surface area contributed by atoms with Crippen molar-refractivity contribution in [2.24, 2.45) is 10.6 Å². The lowest BCUT2D eigenvalue weighted by Gasteiger charge is -2.14. The highest BCUT2D eigenvalue weighted by molar-refractivity contribution is 5.64. The number of rotatable bonds is 4. The molecule has 1 aromatic carbocycles. The maximum absolute atomic E-state index is 8.46. The Labute approximate surface area is 90.9 Å². The summed E-state index contributed by atoms with van der Waals surface area (Å²) in [4.78, 5) is 0. The molecule has 0 aromatic heterocycles. The quantitative estimate of drug-likeness (QED) is 0.453. The molecule has 0 saturated heterocycles. The second-order valence-corrected chi connectivity index (χ2v) is 4.25. The van der Waals surface area contributed by atoms with Crippen LogP contribution in [0, 0.1) is 5.41 Å². The van der Waals surface area contributed by atoms with Crippen LogP contribution in [0.15, 0.2) is 41.6 Å². The van der Waals surface area contributed by atoms with E-state index in [4.69, 9.17) is 5.21 Å². The zero-order valence-electron chi connectivity index (χ0n) is 9.22. The summed E-state index contributed by atoms with van der Waals surface area (Å²) in [6.45, 7) is 4.06. The fraction of sp³-hybridized carbons (Fsp3) is 0.308. The molecule has 0 fully saturated rings. The molecule has 0 amide bonds. The Kier molecular flexibility index (Phi) is 4.10. The van der Waals surface area contributed by atoms with Gasteiger partial charge in [0.25, 0.3) is 0 Å². The van der Waals surface area contributed by atoms with Gasteiger partial charge in [-0.3, -0.25) is 0 Å². The van der Waals surface area contributed by atoms with Crippen LogP contribution in [0.2, 0.25) is 0 Å². The first kappa shape index (κ1) is 11.5. The van der Waals surface area contributed by atoms with Crippen molar-refractivity contribution in [2.45, 2.75) is 20.3 Å². The Balaban J connectivity index is 2.54. The van der Waals surface area contributed by atoms with Crippen LogP contribution in [0.25, 0.3) is 6.08 Å². The first-order valence-electron chi connectivity index (χ1n) is 5.04. The number of hydrogen-bond donors (Lipinski definition) is 1. The van der Waals surface area contributed by atoms with Crippen LogP contribution in [-0.2, 0) is 0 Å². The maximum Gasteiger partial charge on any atom is 0.0495 e. The Morgan fingerprint density at radius 2 is 1.93 bits per heavy atom. The van der Waals surface area contributed by atoms with Gasteiger partial charge in [-0.15, -0.1) is 5.16 Å². The Morgan fingerprint density at radius 1 is 1.27 bits per heavy atom. The molecule has 0 heterocycles. The summed E-state index contributed by atoms with van der Waals surface area (Å²) >= 11 is 0. The third-order valence-corrected chi connectivity index (χ3v) is 2.16. The summed E-state index contributed by atoms with van der Waals surface area (Å²) in [5.74, 6) is 0. The fourth-order valence-electron chi connectivity index (χ4n) is 1.27. The average molecular weight is 203 g/mol. The normalized spacial score (nSPS) is 12.7. The van der Waals surface area contributed by atoms with E-state index >= 15 is 0 Å². The molecule has 1 rings (SSSR count). The van der Waals surface area contributed by atoms with Gasteiger partial charge >= 0.3 is 0 Å². The third-order valence-electron chi connectivity index (χ3n) is 2.16. The van der Waals surface area contributed by atoms with Crippen LogP contribution in [0.3, 0.4) is 0 Å². The summed E-state index contributed by atoms with van der Waals surface area (Å²) in [6, 6.07) is 10.1. The van der Waals surface area contributed by atoms with Crippen molar-refractivity contribution in [1.82, 2.24) is 0 Å². The molecule has 0 aliphatic rings. The van der Waals surface area contributed by atoms with Crippen LogP contribution in [-0.4, -0.2) is 11.4 Å². The molecule has 0 saturated carbocycles. The van der Waals surface area contributed by atoms with E-state index in [0.29, 0.717) is 0 Å². The number of allylic oxidation sites excluding steroid dienone is 1. The largest absolute Gasteiger partial charge is 0.411 e. The van der Waals surface area contributed by atoms with Gasteiger partial charge < -0.3 is 5.21 Å². The zero-order chi connectivity index (χ0) is 11.1. The minimum absolute atomic E-state index is 0.0972. The molecule has 1 aromatic rings. The summed E-state index contributed by atoms with van der Waals surface area (Å²) < 4.78 is 0. The molecule has 0 atom stereocenters. The monoisotopic (exact) mass is 203 g/mol. The van der Waals surface area contributed by atoms with Gasteiger partial charge in [0.1, 0.15) is 0 Å². The molecule has 0 unspecified atom stereocenters. The number of hydrogen-bond acceptors (Lipinski definition) is 2. The molecule has 15 heavy (non-hydrogen) atoms. The third kappa shape index (κ3) is 4.45. The molecule has 2 heteroatoms. The van der Waals surface area contributed by atoms with E-state index in [1.54, 1.807) is 6.21 Å². The molecule has 0 bridgehead atoms. The van der Waals surface area contributed by atoms with Gasteiger partial charge in [-0.1, -0.05) is 56.3 Å². The van der Waals surface area contributed by atoms with Crippen molar-refractivity contribution in [3.8, 4) is 0 Å². The van der Waals surface area contributed by atoms with E-state index in [0.717, 1.165) is 6.42 Å². The molecule has 1 N–H and O–H groups in total. The lowest BCUT2D eigenvalue weighted by molar-refractivity contribution is 0.313. The van der Waals surface area contributed by atoms with Crippen molar-refractivity contribution in [3.63, 3.8) is 0 Å². The zero-order valence-corrected chi connectivity index (χ0v) is 9.22. The summed E-state index contributed by atoms with van der Waals surface area (Å²) in [7, 11) is 0. The van der Waals surface area contributed by atoms with Gasteiger partial charge in [-0.05, 0) is 12.0 Å². The predicted octanol–water partition coefficient (Wildman–Crippen LogP) is 3.58. The topological polar surface area (TPSA) is 32.6 Å². The average Bonchev–Trinajstić information content (AvgIpc) is 2.19. The second kappa shape index (κ2) is 5.35. The lowest BCUT2D eigenvalue weighted by Crippen LogP contribution is -2.11. The first-order chi connectivity index (χ1) is 7.14. The van der Waals surface area contributed by atoms with Gasteiger partial charge in [0.15, 0.2) is 0 Å². The molecule has 0 radical (unpaired) electrons. The molecule has 0 aliphatic heterocycles. The highest BCUT2D eigenvalue weighted by Crippen LogP contribution is 2.18. The van der Waals surface area contributed by atoms with Gasteiger partial charge in [0.05, 0.1) is 0 Å². The van der Waals surface area contributed by atoms with Gasteiger partial charge in [0.2, 0.25) is 0 Å². The van der Waals surface area contributed by atoms with Crippen molar-refractivity contribution in [1.29, 1.82) is 0 Å². The minimum atomic E-state index is -0.0972. The van der Waals surface area contributed by atoms with Gasteiger partial charge in [0, 0.05) is 11.6 Å². The Hall–Kier alpha value is -1.57. The Bertz CT molecular complexity index is 339. The Morgan fingerprint density at radius 3 is 2.53 bits per heavy atom. The molecule has 80 valence electrons. The molecule has 0 spiro atoms. The van der Waals surface area contributed by atoms with Crippen molar-refractivity contribution >= 4 is 12.3 Å². The van der Waals surface area contributed by atoms with Crippen LogP contribution >= 0.6 is 0 Å². The van der Waals surface area contributed by atoms with Crippen LogP contribution in [0.5, 0.6) is 0 Å². The van der Waals surface area contributed by atoms with Crippen molar-refractivity contribution in [3.05, 3.63) is 42.0 Å². The van der Waals surface area contributed by atoms with Crippen LogP contribution in [0.1, 0.15) is 25.8 Å². The summed E-state index contributed by atoms with van der Waals surface area (Å²) in [5.41, 5.74) is 1.09. The number of nitrogens with zero attached hydrogens (tertiary/aromatic N) is 1. The van der Waals surface area contributed by atoms with Crippen LogP contribution in [0.4, 0.5) is 0 Å². The van der Waals surface area contributed by atoms with Gasteiger partial charge in [-0.25, -0.2) is 0 Å². The fourth-order valence-corrected chi connectivity index (χ4v) is 1.27. The summed E-state index contributed by atoms with van der Waals surface area (Å²) in [5, 5.41) is 11.5. The summed E-state index contributed by atoms with van der Waals surface area (Å²) in [6.07, 6.45) is 6.58. The maximum atomic E-state index is 8.46. The predicted molar refractivity (Wildman–Crippen MR) is 64.2 cm³/mol. The minimum Gasteiger partial charge on any atom is -0.411 e. The van der Waals surface area contributed by atoms with E-state index in [2.05, 4.69) is 29.4 Å². The smallest absolute Gasteiger partial charge is 0.0495 e. The van der Waals surface area contributed by atoms with E-state index < -0.39 is 0 Å². The standard InChI is InChI=1S/C13H17NO/c1-13(2,11-14-15)10-6-9-12-7-4-3-5-8-12/h3-9,11,15H,10H2,1-2H3/b9-6+,14-11+. The van der Waals surface area contributed by atoms with E-state index in [9.17, 15) is 0 Å². The molecule has 2 nitrogen and oxygen atoms in total. The van der Waals surface area contributed by atoms with Crippen molar-refractivity contribution in [2.75, 3.05) is 0 Å². The molecular formula is C13H17NO. The first-order valence-corrected chi connectivity index (χ1v) is 5.04. The highest BCUT2D eigenvalue weighted by atomic mass is 16.4. The SMILES string of the molecule is CC(C)(/C=N/O)C/C=C/c1ccccc1. The number of oxime groups is 1.